The molecule has 10 heteroatoms. The van der Waals surface area contributed by atoms with Gasteiger partial charge in [0.25, 0.3) is 11.6 Å². The summed E-state index contributed by atoms with van der Waals surface area (Å²) in [6, 6.07) is 10.6. The lowest BCUT2D eigenvalue weighted by Gasteiger charge is -2.33. The van der Waals surface area contributed by atoms with Crippen molar-refractivity contribution in [3.8, 4) is 0 Å². The van der Waals surface area contributed by atoms with Crippen molar-refractivity contribution in [2.75, 3.05) is 34.8 Å². The Kier molecular flexibility index (Phi) is 6.99. The number of nitro benzene ring substituents is 1. The van der Waals surface area contributed by atoms with Gasteiger partial charge < -0.3 is 19.9 Å². The molecule has 0 saturated carbocycles. The molecule has 0 radical (unpaired) electrons. The molecule has 35 heavy (non-hydrogen) atoms. The lowest BCUT2D eigenvalue weighted by molar-refractivity contribution is -0.384. The number of non-ortho nitro benzene ring substituents is 1. The average Bonchev–Trinajstić information content (AvgIpc) is 2.96. The van der Waals surface area contributed by atoms with E-state index in [9.17, 15) is 24.5 Å². The van der Waals surface area contributed by atoms with Gasteiger partial charge in [-0.15, -0.1) is 0 Å². The molecule has 1 atom stereocenters. The highest BCUT2D eigenvalue weighted by molar-refractivity contribution is 6.05. The van der Waals surface area contributed by atoms with Gasteiger partial charge in [0.2, 0.25) is 5.91 Å². The third-order valence-electron chi connectivity index (χ3n) is 6.49. The average molecular weight is 481 g/mol. The van der Waals surface area contributed by atoms with E-state index in [1.807, 2.05) is 4.90 Å². The van der Waals surface area contributed by atoms with Gasteiger partial charge in [-0.3, -0.25) is 19.7 Å². The molecule has 0 aromatic heterocycles. The topological polar surface area (TPSA) is 122 Å². The van der Waals surface area contributed by atoms with Crippen molar-refractivity contribution in [1.82, 2.24) is 0 Å². The smallest absolute Gasteiger partial charge is 0.341 e. The van der Waals surface area contributed by atoms with Crippen molar-refractivity contribution in [3.63, 3.8) is 0 Å². The maximum absolute atomic E-state index is 13.2. The van der Waals surface area contributed by atoms with E-state index in [0.717, 1.165) is 25.9 Å². The molecule has 184 valence electrons. The Labute approximate surface area is 203 Å². The molecule has 0 bridgehead atoms. The van der Waals surface area contributed by atoms with Crippen LogP contribution in [0.3, 0.4) is 0 Å². The normalized spacial score (nSPS) is 18.3. The quantitative estimate of drug-likeness (QED) is 0.393. The maximum atomic E-state index is 13.2. The molecule has 1 saturated heterocycles. The molecule has 0 spiro atoms. The number of ether oxygens (including phenoxy) is 1. The second-order valence-corrected chi connectivity index (χ2v) is 9.09. The number of nitro groups is 1. The number of nitrogens with zero attached hydrogens (tertiary/aromatic N) is 3. The summed E-state index contributed by atoms with van der Waals surface area (Å²) in [6.07, 6.45) is 1.99. The van der Waals surface area contributed by atoms with Crippen molar-refractivity contribution >= 4 is 40.5 Å². The van der Waals surface area contributed by atoms with Crippen molar-refractivity contribution in [2.45, 2.75) is 39.2 Å². The lowest BCUT2D eigenvalue weighted by atomic mass is 9.98. The zero-order chi connectivity index (χ0) is 25.1. The highest BCUT2D eigenvalue weighted by Gasteiger charge is 2.31. The van der Waals surface area contributed by atoms with Crippen LogP contribution in [-0.4, -0.2) is 48.4 Å². The van der Waals surface area contributed by atoms with Gasteiger partial charge in [0.05, 0.1) is 27.5 Å². The fourth-order valence-electron chi connectivity index (χ4n) is 4.57. The van der Waals surface area contributed by atoms with Crippen LogP contribution in [-0.2, 0) is 14.3 Å². The third-order valence-corrected chi connectivity index (χ3v) is 6.49. The Morgan fingerprint density at radius 1 is 1.11 bits per heavy atom. The van der Waals surface area contributed by atoms with Crippen LogP contribution >= 0.6 is 0 Å². The SMILES string of the molecule is CC1CCN(c2ccc([N+](=O)[O-])cc2C(=O)OCC(=O)N2c3ccccc3NC(=O)CC2C)CC1. The van der Waals surface area contributed by atoms with Crippen LogP contribution < -0.4 is 15.1 Å². The van der Waals surface area contributed by atoms with Gasteiger partial charge >= 0.3 is 5.97 Å². The van der Waals surface area contributed by atoms with Gasteiger partial charge in [-0.05, 0) is 43.9 Å². The first-order valence-electron chi connectivity index (χ1n) is 11.7. The van der Waals surface area contributed by atoms with Crippen molar-refractivity contribution in [1.29, 1.82) is 0 Å². The Bertz CT molecular complexity index is 1160. The summed E-state index contributed by atoms with van der Waals surface area (Å²) in [5, 5.41) is 14.1. The number of para-hydroxylation sites is 2. The van der Waals surface area contributed by atoms with Crippen molar-refractivity contribution < 1.29 is 24.0 Å². The second kappa shape index (κ2) is 10.1. The number of piperidine rings is 1. The highest BCUT2D eigenvalue weighted by atomic mass is 16.6. The lowest BCUT2D eigenvalue weighted by Crippen LogP contribution is -2.41. The number of nitrogens with one attached hydrogen (secondary N) is 1. The Hall–Kier alpha value is -3.95. The van der Waals surface area contributed by atoms with Gasteiger partial charge in [-0.1, -0.05) is 19.1 Å². The summed E-state index contributed by atoms with van der Waals surface area (Å²) in [5.41, 5.74) is 1.41. The minimum absolute atomic E-state index is 0.0581. The van der Waals surface area contributed by atoms with Crippen molar-refractivity contribution in [2.24, 2.45) is 5.92 Å². The van der Waals surface area contributed by atoms with Crippen LogP contribution in [0, 0.1) is 16.0 Å². The van der Waals surface area contributed by atoms with E-state index in [1.54, 1.807) is 37.3 Å². The van der Waals surface area contributed by atoms with E-state index in [4.69, 9.17) is 4.74 Å². The largest absolute Gasteiger partial charge is 0.452 e. The van der Waals surface area contributed by atoms with E-state index in [2.05, 4.69) is 12.2 Å². The molecule has 2 aliphatic heterocycles. The fraction of sp³-hybridized carbons (Fsp3) is 0.400. The van der Waals surface area contributed by atoms with Crippen LogP contribution in [0.1, 0.15) is 43.5 Å². The number of amides is 2. The third kappa shape index (κ3) is 5.26. The van der Waals surface area contributed by atoms with Gasteiger partial charge in [-0.25, -0.2) is 4.79 Å². The standard InChI is InChI=1S/C25H28N4O6/c1-16-9-11-27(12-10-16)21-8-7-18(29(33)34)14-19(21)25(32)35-15-24(31)28-17(2)13-23(30)26-20-5-3-4-6-22(20)28/h3-8,14,16-17H,9-13,15H2,1-2H3,(H,26,30). The second-order valence-electron chi connectivity index (χ2n) is 9.09. The first-order chi connectivity index (χ1) is 16.7. The first-order valence-corrected chi connectivity index (χ1v) is 11.7. The van der Waals surface area contributed by atoms with Gasteiger partial charge in [0, 0.05) is 37.7 Å². The summed E-state index contributed by atoms with van der Waals surface area (Å²) in [4.78, 5) is 52.6. The molecular formula is C25H28N4O6. The Balaban J connectivity index is 1.55. The van der Waals surface area contributed by atoms with Crippen LogP contribution in [0.4, 0.5) is 22.7 Å². The van der Waals surface area contributed by atoms with E-state index in [-0.39, 0.29) is 23.6 Å². The van der Waals surface area contributed by atoms with Crippen LogP contribution in [0.15, 0.2) is 42.5 Å². The number of carbonyl (C=O) groups excluding carboxylic acids is 3. The molecule has 2 heterocycles. The van der Waals surface area contributed by atoms with E-state index < -0.39 is 29.4 Å². The molecule has 4 rings (SSSR count). The number of carbonyl (C=O) groups is 3. The first kappa shape index (κ1) is 24.2. The number of benzene rings is 2. The minimum Gasteiger partial charge on any atom is -0.452 e. The molecule has 2 aromatic rings. The molecule has 2 amide bonds. The number of fused-ring (bicyclic) bond motifs is 1. The molecule has 10 nitrogen and oxygen atoms in total. The fourth-order valence-corrected chi connectivity index (χ4v) is 4.57. The molecule has 1 unspecified atom stereocenters. The zero-order valence-corrected chi connectivity index (χ0v) is 19.7. The summed E-state index contributed by atoms with van der Waals surface area (Å²) >= 11 is 0. The summed E-state index contributed by atoms with van der Waals surface area (Å²) < 4.78 is 5.38. The molecule has 0 aliphatic carbocycles. The molecule has 2 aromatic carbocycles. The van der Waals surface area contributed by atoms with Gasteiger partial charge in [-0.2, -0.15) is 0 Å². The van der Waals surface area contributed by atoms with E-state index >= 15 is 0 Å². The number of hydrogen-bond donors (Lipinski definition) is 1. The van der Waals surface area contributed by atoms with Gasteiger partial charge in [0.15, 0.2) is 6.61 Å². The van der Waals surface area contributed by atoms with Crippen LogP contribution in [0.25, 0.3) is 0 Å². The molecule has 1 fully saturated rings. The number of hydrogen-bond acceptors (Lipinski definition) is 7. The monoisotopic (exact) mass is 480 g/mol. The zero-order valence-electron chi connectivity index (χ0n) is 19.7. The van der Waals surface area contributed by atoms with E-state index in [1.165, 1.54) is 17.0 Å². The number of esters is 1. The number of anilines is 3. The predicted octanol–water partition coefficient (Wildman–Crippen LogP) is 3.75. The van der Waals surface area contributed by atoms with Gasteiger partial charge in [0.1, 0.15) is 0 Å². The summed E-state index contributed by atoms with van der Waals surface area (Å²) in [6.45, 7) is 4.80. The summed E-state index contributed by atoms with van der Waals surface area (Å²) in [7, 11) is 0. The summed E-state index contributed by atoms with van der Waals surface area (Å²) in [5.74, 6) is -0.944. The molecule has 1 N–H and O–H groups in total. The Morgan fingerprint density at radius 2 is 1.83 bits per heavy atom. The Morgan fingerprint density at radius 3 is 2.54 bits per heavy atom. The van der Waals surface area contributed by atoms with E-state index in [0.29, 0.717) is 23.0 Å². The highest BCUT2D eigenvalue weighted by Crippen LogP contribution is 2.32. The van der Waals surface area contributed by atoms with Crippen LogP contribution in [0.2, 0.25) is 0 Å². The molecular weight excluding hydrogens is 452 g/mol. The minimum atomic E-state index is -0.805. The number of rotatable bonds is 5. The maximum Gasteiger partial charge on any atom is 0.341 e. The predicted molar refractivity (Wildman–Crippen MR) is 131 cm³/mol. The van der Waals surface area contributed by atoms with Crippen molar-refractivity contribution in [3.05, 3.63) is 58.1 Å². The van der Waals surface area contributed by atoms with Crippen LogP contribution in [0.5, 0.6) is 0 Å². The molecule has 2 aliphatic rings.